The predicted octanol–water partition coefficient (Wildman–Crippen LogP) is 2.47. The molecule has 0 aromatic carbocycles. The number of quaternary nitrogens is 1. The maximum absolute atomic E-state index is 12.6. The Labute approximate surface area is 170 Å². The van der Waals surface area contributed by atoms with Gasteiger partial charge in [0.15, 0.2) is 5.82 Å². The molecule has 1 aromatic heterocycles. The molecular formula is C20H29N6O3+. The first-order chi connectivity index (χ1) is 13.8. The van der Waals surface area contributed by atoms with Crippen molar-refractivity contribution in [3.8, 4) is 0 Å². The first kappa shape index (κ1) is 19.6. The molecule has 0 bridgehead atoms. The number of alkyl carbamates (subject to hydrolysis) is 1. The van der Waals surface area contributed by atoms with Gasteiger partial charge < -0.3 is 15.4 Å². The van der Waals surface area contributed by atoms with Crippen LogP contribution in [0.2, 0.25) is 0 Å². The van der Waals surface area contributed by atoms with Gasteiger partial charge in [-0.05, 0) is 33.1 Å². The molecule has 2 aliphatic carbocycles. The molecule has 2 amide bonds. The lowest BCUT2D eigenvalue weighted by molar-refractivity contribution is -0.875. The molecule has 3 N–H and O–H groups in total. The Morgan fingerprint density at radius 2 is 2.14 bits per heavy atom. The van der Waals surface area contributed by atoms with Crippen LogP contribution in [0.25, 0.3) is 0 Å². The average molecular weight is 401 g/mol. The number of amides is 2. The lowest BCUT2D eigenvalue weighted by atomic mass is 10.0. The van der Waals surface area contributed by atoms with Crippen molar-refractivity contribution in [2.75, 3.05) is 12.4 Å². The van der Waals surface area contributed by atoms with Crippen molar-refractivity contribution >= 4 is 24.0 Å². The summed E-state index contributed by atoms with van der Waals surface area (Å²) < 4.78 is 5.92. The minimum absolute atomic E-state index is 0.0131. The van der Waals surface area contributed by atoms with Crippen molar-refractivity contribution in [1.82, 2.24) is 15.5 Å². The zero-order valence-corrected chi connectivity index (χ0v) is 17.1. The van der Waals surface area contributed by atoms with E-state index in [4.69, 9.17) is 4.74 Å². The Kier molecular flexibility index (Phi) is 5.16. The van der Waals surface area contributed by atoms with Gasteiger partial charge in [0.1, 0.15) is 18.3 Å². The number of nitrogens with one attached hydrogen (secondary N) is 3. The van der Waals surface area contributed by atoms with Crippen molar-refractivity contribution < 1.29 is 18.9 Å². The van der Waals surface area contributed by atoms with E-state index in [0.717, 1.165) is 31.4 Å². The number of H-pyrrole nitrogens is 1. The minimum atomic E-state index is -0.365. The Balaban J connectivity index is 1.27. The van der Waals surface area contributed by atoms with Crippen LogP contribution in [0.1, 0.15) is 51.1 Å². The number of aromatic nitrogens is 2. The summed E-state index contributed by atoms with van der Waals surface area (Å²) in [5, 5.41) is 17.4. The number of aromatic amines is 1. The molecule has 9 nitrogen and oxygen atoms in total. The summed E-state index contributed by atoms with van der Waals surface area (Å²) in [7, 11) is 2.00. The van der Waals surface area contributed by atoms with Crippen LogP contribution in [0.15, 0.2) is 23.4 Å². The first-order valence-corrected chi connectivity index (χ1v) is 10.3. The molecule has 0 saturated heterocycles. The maximum atomic E-state index is 12.6. The zero-order chi connectivity index (χ0) is 20.6. The van der Waals surface area contributed by atoms with Gasteiger partial charge in [-0.3, -0.25) is 9.89 Å². The summed E-state index contributed by atoms with van der Waals surface area (Å²) >= 11 is 0. The van der Waals surface area contributed by atoms with Crippen molar-refractivity contribution in [2.45, 2.75) is 63.6 Å². The number of hydrogen-bond acceptors (Lipinski definition) is 5. The molecule has 1 unspecified atom stereocenters. The molecular weight excluding hydrogens is 372 g/mol. The number of anilines is 1. The lowest BCUT2D eigenvalue weighted by Gasteiger charge is -2.20. The highest BCUT2D eigenvalue weighted by Crippen LogP contribution is 2.42. The first-order valence-electron chi connectivity index (χ1n) is 10.3. The van der Waals surface area contributed by atoms with Crippen LogP contribution in [-0.2, 0) is 9.53 Å². The zero-order valence-electron chi connectivity index (χ0n) is 17.1. The van der Waals surface area contributed by atoms with Gasteiger partial charge in [-0.2, -0.15) is 9.69 Å². The highest BCUT2D eigenvalue weighted by Gasteiger charge is 2.56. The molecule has 2 fully saturated rings. The third kappa shape index (κ3) is 4.34. The molecule has 1 aliphatic heterocycles. The van der Waals surface area contributed by atoms with E-state index >= 15 is 0 Å². The van der Waals surface area contributed by atoms with Gasteiger partial charge in [0.05, 0.1) is 19.2 Å². The molecule has 156 valence electrons. The fourth-order valence-electron chi connectivity index (χ4n) is 4.25. The van der Waals surface area contributed by atoms with Gasteiger partial charge in [-0.25, -0.2) is 4.79 Å². The fourth-order valence-corrected chi connectivity index (χ4v) is 4.25. The molecule has 2 saturated carbocycles. The highest BCUT2D eigenvalue weighted by molar-refractivity contribution is 5.94. The molecule has 3 aliphatic rings. The molecule has 1 aromatic rings. The summed E-state index contributed by atoms with van der Waals surface area (Å²) in [6, 6.07) is 2.14. The summed E-state index contributed by atoms with van der Waals surface area (Å²) in [5.74, 6) is 0.720. The van der Waals surface area contributed by atoms with Gasteiger partial charge in [-0.15, -0.1) is 0 Å². The topological polar surface area (TPSA) is 108 Å². The van der Waals surface area contributed by atoms with Gasteiger partial charge in [0.2, 0.25) is 5.91 Å². The second kappa shape index (κ2) is 7.62. The van der Waals surface area contributed by atoms with Crippen molar-refractivity contribution in [3.05, 3.63) is 24.0 Å². The molecule has 0 radical (unpaired) electrons. The predicted molar refractivity (Wildman–Crippen MR) is 108 cm³/mol. The fraction of sp³-hybridized carbons (Fsp3) is 0.600. The Hall–Kier alpha value is -2.68. The quantitative estimate of drug-likeness (QED) is 0.636. The number of ether oxygens (including phenoxy) is 1. The Morgan fingerprint density at radius 1 is 1.31 bits per heavy atom. The molecule has 4 rings (SSSR count). The Morgan fingerprint density at radius 3 is 2.86 bits per heavy atom. The normalized spacial score (nSPS) is 32.6. The van der Waals surface area contributed by atoms with E-state index in [-0.39, 0.29) is 42.0 Å². The number of nitrogens with zero attached hydrogens (tertiary/aromatic N) is 3. The molecule has 0 spiro atoms. The number of carbonyl (C=O) groups is 2. The maximum Gasteiger partial charge on any atom is 0.407 e. The Bertz CT molecular complexity index is 833. The van der Waals surface area contributed by atoms with Crippen LogP contribution in [0.4, 0.5) is 10.6 Å². The summed E-state index contributed by atoms with van der Waals surface area (Å²) in [6.45, 7) is 3.81. The van der Waals surface area contributed by atoms with Crippen LogP contribution < -0.4 is 10.6 Å². The van der Waals surface area contributed by atoms with Crippen LogP contribution in [0.5, 0.6) is 0 Å². The SMILES string of the molecule is CC(C)NC(=O)O[C@@H]1CC[C@H](c2cc(NC(=O)[C@@H]3C[C@H]3[N+]3(C)C=CC=N3)n[nH]2)C1. The third-order valence-corrected chi connectivity index (χ3v) is 5.91. The summed E-state index contributed by atoms with van der Waals surface area (Å²) in [5.41, 5.74) is 0.967. The monoisotopic (exact) mass is 401 g/mol. The minimum Gasteiger partial charge on any atom is -0.446 e. The van der Waals surface area contributed by atoms with Gasteiger partial charge in [-0.1, -0.05) is 5.10 Å². The van der Waals surface area contributed by atoms with Crippen LogP contribution in [0.3, 0.4) is 0 Å². The number of hydrogen-bond donors (Lipinski definition) is 3. The van der Waals surface area contributed by atoms with E-state index in [1.807, 2.05) is 39.2 Å². The summed E-state index contributed by atoms with van der Waals surface area (Å²) in [4.78, 5) is 24.3. The number of allylic oxidation sites excluding steroid dienone is 1. The second-order valence-corrected chi connectivity index (χ2v) is 8.65. The molecule has 9 heteroatoms. The van der Waals surface area contributed by atoms with Crippen LogP contribution >= 0.6 is 0 Å². The van der Waals surface area contributed by atoms with Crippen LogP contribution in [-0.4, -0.2) is 58.2 Å². The molecule has 2 heterocycles. The largest absolute Gasteiger partial charge is 0.446 e. The average Bonchev–Trinajstić information content (AvgIpc) is 2.97. The van der Waals surface area contributed by atoms with Gasteiger partial charge >= 0.3 is 6.09 Å². The van der Waals surface area contributed by atoms with Gasteiger partial charge in [0, 0.05) is 36.2 Å². The van der Waals surface area contributed by atoms with Crippen molar-refractivity contribution in [2.24, 2.45) is 11.0 Å². The van der Waals surface area contributed by atoms with Crippen LogP contribution in [0, 0.1) is 5.92 Å². The van der Waals surface area contributed by atoms with Gasteiger partial charge in [0.25, 0.3) is 0 Å². The lowest BCUT2D eigenvalue weighted by Crippen LogP contribution is -2.35. The molecule has 29 heavy (non-hydrogen) atoms. The van der Waals surface area contributed by atoms with E-state index in [0.29, 0.717) is 10.4 Å². The van der Waals surface area contributed by atoms with E-state index < -0.39 is 0 Å². The van der Waals surface area contributed by atoms with E-state index in [2.05, 4.69) is 25.9 Å². The number of carbonyl (C=O) groups excluding carboxylic acids is 2. The second-order valence-electron chi connectivity index (χ2n) is 8.65. The van der Waals surface area contributed by atoms with Crippen molar-refractivity contribution in [3.63, 3.8) is 0 Å². The smallest absolute Gasteiger partial charge is 0.407 e. The van der Waals surface area contributed by atoms with E-state index in [1.54, 1.807) is 6.21 Å². The van der Waals surface area contributed by atoms with Crippen molar-refractivity contribution in [1.29, 1.82) is 0 Å². The third-order valence-electron chi connectivity index (χ3n) is 5.91. The van der Waals surface area contributed by atoms with E-state index in [1.165, 1.54) is 0 Å². The molecule has 5 atom stereocenters. The number of rotatable bonds is 6. The summed E-state index contributed by atoms with van der Waals surface area (Å²) in [6.07, 6.45) is 8.56. The standard InChI is InChI=1S/C20H28N6O3/c1-12(2)22-20(28)29-14-6-5-13(9-14)16-11-18(25-24-16)23-19(27)15-10-17(15)26(3)8-4-7-21-26/h4,7-8,11-15,17H,5-6,9-10H2,1-3H3,(H2-,22,23,24,25,27,28)/p+1/t13-,14+,15+,17+,26?/m0/s1. The highest BCUT2D eigenvalue weighted by atomic mass is 16.6. The van der Waals surface area contributed by atoms with E-state index in [9.17, 15) is 9.59 Å².